The predicted octanol–water partition coefficient (Wildman–Crippen LogP) is 4.35. The van der Waals surface area contributed by atoms with E-state index in [-0.39, 0.29) is 22.1 Å². The van der Waals surface area contributed by atoms with Crippen LogP contribution in [0.3, 0.4) is 0 Å². The molecule has 158 valence electrons. The molecule has 3 aliphatic rings. The van der Waals surface area contributed by atoms with Crippen molar-refractivity contribution in [2.75, 3.05) is 24.6 Å². The van der Waals surface area contributed by atoms with Gasteiger partial charge in [0.2, 0.25) is 0 Å². The number of hydrogen-bond acceptors (Lipinski definition) is 6. The summed E-state index contributed by atoms with van der Waals surface area (Å²) in [6.07, 6.45) is 7.28. The molecule has 2 aromatic heterocycles. The van der Waals surface area contributed by atoms with Gasteiger partial charge in [0, 0.05) is 36.8 Å². The van der Waals surface area contributed by atoms with E-state index in [0.717, 1.165) is 45.2 Å². The van der Waals surface area contributed by atoms with Gasteiger partial charge in [-0.25, -0.2) is 9.37 Å². The molecule has 2 bridgehead atoms. The van der Waals surface area contributed by atoms with Gasteiger partial charge in [0.15, 0.2) is 11.0 Å². The Morgan fingerprint density at radius 2 is 1.93 bits per heavy atom. The molecule has 3 fully saturated rings. The number of rotatable bonds is 5. The molecule has 29 heavy (non-hydrogen) atoms. The maximum Gasteiger partial charge on any atom is 0.319 e. The molecule has 0 spiro atoms. The maximum atomic E-state index is 14.7. The van der Waals surface area contributed by atoms with Crippen LogP contribution >= 0.6 is 11.6 Å². The van der Waals surface area contributed by atoms with Gasteiger partial charge < -0.3 is 15.0 Å². The Balaban J connectivity index is 0.000000994. The van der Waals surface area contributed by atoms with E-state index in [2.05, 4.69) is 32.1 Å². The molecule has 2 aromatic rings. The highest BCUT2D eigenvalue weighted by molar-refractivity contribution is 6.30. The van der Waals surface area contributed by atoms with Crippen molar-refractivity contribution in [3.8, 4) is 6.01 Å². The Kier molecular flexibility index (Phi) is 5.80. The van der Waals surface area contributed by atoms with Crippen molar-refractivity contribution in [3.63, 3.8) is 0 Å². The second-order valence-electron chi connectivity index (χ2n) is 8.14. The van der Waals surface area contributed by atoms with Crippen LogP contribution < -0.4 is 15.0 Å². The summed E-state index contributed by atoms with van der Waals surface area (Å²) in [4.78, 5) is 15.2. The zero-order chi connectivity index (χ0) is 20.6. The van der Waals surface area contributed by atoms with Gasteiger partial charge in [-0.3, -0.25) is 0 Å². The minimum absolute atomic E-state index is 0.175. The Morgan fingerprint density at radius 3 is 2.55 bits per heavy atom. The van der Waals surface area contributed by atoms with Crippen LogP contribution in [0.2, 0.25) is 5.15 Å². The summed E-state index contributed by atoms with van der Waals surface area (Å²) in [6.45, 7) is 8.42. The number of halogens is 2. The Labute approximate surface area is 176 Å². The van der Waals surface area contributed by atoms with Crippen LogP contribution in [0.4, 0.5) is 10.2 Å². The standard InChI is InChI=1S/C19H23ClFN5O.C2H6/c1-2-19(5-6-19)10-27-18-24-15-13(7-22-16(20)14(15)21)17(25-18)26-8-11-3-4-12(9-26)23-11;1-2/h7,11-12,23H,2-6,8-10H2,1H3;1-2H3. The smallest absolute Gasteiger partial charge is 0.319 e. The highest BCUT2D eigenvalue weighted by Gasteiger charge is 2.42. The number of fused-ring (bicyclic) bond motifs is 3. The molecule has 1 saturated carbocycles. The SMILES string of the molecule is CC.CCC1(COc2nc(N3CC4CCC(C3)N4)c3cnc(Cl)c(F)c3n2)CC1. The summed E-state index contributed by atoms with van der Waals surface area (Å²) in [5, 5.41) is 4.02. The quantitative estimate of drug-likeness (QED) is 0.724. The molecular formula is C21H29ClFN5O. The van der Waals surface area contributed by atoms with Gasteiger partial charge in [0.05, 0.1) is 12.0 Å². The number of ether oxygens (including phenoxy) is 1. The molecule has 0 aromatic carbocycles. The van der Waals surface area contributed by atoms with Crippen LogP contribution in [0, 0.1) is 11.2 Å². The lowest BCUT2D eigenvalue weighted by molar-refractivity contribution is 0.214. The summed E-state index contributed by atoms with van der Waals surface area (Å²) < 4.78 is 20.6. The molecule has 1 N–H and O–H groups in total. The number of piperazine rings is 1. The third-order valence-corrected chi connectivity index (χ3v) is 6.60. The molecule has 0 amide bonds. The van der Waals surface area contributed by atoms with Crippen LogP contribution in [0.1, 0.15) is 52.9 Å². The first kappa shape index (κ1) is 20.5. The summed E-state index contributed by atoms with van der Waals surface area (Å²) in [6, 6.07) is 1.11. The average Bonchev–Trinajstić information content (AvgIpc) is 3.47. The van der Waals surface area contributed by atoms with Gasteiger partial charge in [0.1, 0.15) is 11.3 Å². The first-order valence-electron chi connectivity index (χ1n) is 10.7. The van der Waals surface area contributed by atoms with Gasteiger partial charge in [-0.15, -0.1) is 0 Å². The predicted molar refractivity (Wildman–Crippen MR) is 113 cm³/mol. The summed E-state index contributed by atoms with van der Waals surface area (Å²) in [7, 11) is 0. The highest BCUT2D eigenvalue weighted by Crippen LogP contribution is 2.48. The van der Waals surface area contributed by atoms with Gasteiger partial charge >= 0.3 is 6.01 Å². The fourth-order valence-electron chi connectivity index (χ4n) is 4.27. The summed E-state index contributed by atoms with van der Waals surface area (Å²) in [5.41, 5.74) is 0.420. The molecular weight excluding hydrogens is 393 g/mol. The van der Waals surface area contributed by atoms with Gasteiger partial charge in [-0.2, -0.15) is 9.97 Å². The van der Waals surface area contributed by atoms with Crippen molar-refractivity contribution in [3.05, 3.63) is 17.2 Å². The maximum absolute atomic E-state index is 14.7. The number of aromatic nitrogens is 3. The highest BCUT2D eigenvalue weighted by atomic mass is 35.5. The molecule has 4 heterocycles. The Morgan fingerprint density at radius 1 is 1.24 bits per heavy atom. The lowest BCUT2D eigenvalue weighted by Crippen LogP contribution is -2.51. The molecule has 5 rings (SSSR count). The van der Waals surface area contributed by atoms with E-state index in [4.69, 9.17) is 16.3 Å². The lowest BCUT2D eigenvalue weighted by Gasteiger charge is -2.34. The van der Waals surface area contributed by atoms with Crippen molar-refractivity contribution in [1.29, 1.82) is 0 Å². The summed E-state index contributed by atoms with van der Waals surface area (Å²) >= 11 is 5.91. The van der Waals surface area contributed by atoms with Crippen molar-refractivity contribution >= 4 is 28.3 Å². The first-order valence-corrected chi connectivity index (χ1v) is 11.1. The van der Waals surface area contributed by atoms with E-state index >= 15 is 0 Å². The van der Waals surface area contributed by atoms with Crippen molar-refractivity contribution in [1.82, 2.24) is 20.3 Å². The monoisotopic (exact) mass is 421 g/mol. The molecule has 8 heteroatoms. The third-order valence-electron chi connectivity index (χ3n) is 6.33. The minimum Gasteiger partial charge on any atom is -0.463 e. The molecule has 2 saturated heterocycles. The molecule has 2 unspecified atom stereocenters. The van der Waals surface area contributed by atoms with Gasteiger partial charge in [-0.1, -0.05) is 32.4 Å². The van der Waals surface area contributed by atoms with Crippen molar-refractivity contribution < 1.29 is 9.13 Å². The van der Waals surface area contributed by atoms with E-state index in [1.807, 2.05) is 13.8 Å². The number of anilines is 1. The second kappa shape index (κ2) is 8.19. The molecule has 0 radical (unpaired) electrons. The van der Waals surface area contributed by atoms with Crippen molar-refractivity contribution in [2.45, 2.75) is 65.0 Å². The average molecular weight is 422 g/mol. The van der Waals surface area contributed by atoms with Crippen LogP contribution in [0.5, 0.6) is 6.01 Å². The Bertz CT molecular complexity index is 879. The van der Waals surface area contributed by atoms with E-state index in [1.165, 1.54) is 0 Å². The zero-order valence-corrected chi connectivity index (χ0v) is 18.1. The van der Waals surface area contributed by atoms with Crippen LogP contribution in [-0.4, -0.2) is 46.7 Å². The van der Waals surface area contributed by atoms with E-state index in [1.54, 1.807) is 6.20 Å². The fraction of sp³-hybridized carbons (Fsp3) is 0.667. The number of hydrogen-bond donors (Lipinski definition) is 1. The first-order chi connectivity index (χ1) is 14.1. The van der Waals surface area contributed by atoms with Gasteiger partial charge in [-0.05, 0) is 32.1 Å². The van der Waals surface area contributed by atoms with Crippen LogP contribution in [0.25, 0.3) is 10.9 Å². The summed E-state index contributed by atoms with van der Waals surface area (Å²) in [5.74, 6) is 0.0789. The van der Waals surface area contributed by atoms with E-state index < -0.39 is 5.82 Å². The number of pyridine rings is 1. The van der Waals surface area contributed by atoms with E-state index in [0.29, 0.717) is 29.9 Å². The fourth-order valence-corrected chi connectivity index (χ4v) is 4.41. The largest absolute Gasteiger partial charge is 0.463 e. The number of nitrogens with zero attached hydrogens (tertiary/aromatic N) is 4. The zero-order valence-electron chi connectivity index (χ0n) is 17.3. The van der Waals surface area contributed by atoms with Gasteiger partial charge in [0.25, 0.3) is 0 Å². The minimum atomic E-state index is -0.614. The number of nitrogens with one attached hydrogen (secondary N) is 1. The second-order valence-corrected chi connectivity index (χ2v) is 8.50. The molecule has 2 aliphatic heterocycles. The van der Waals surface area contributed by atoms with Crippen LogP contribution in [-0.2, 0) is 0 Å². The third kappa shape index (κ3) is 3.99. The van der Waals surface area contributed by atoms with Crippen LogP contribution in [0.15, 0.2) is 6.20 Å². The lowest BCUT2D eigenvalue weighted by atomic mass is 10.1. The molecule has 1 aliphatic carbocycles. The Hall–Kier alpha value is -1.73. The van der Waals surface area contributed by atoms with E-state index in [9.17, 15) is 4.39 Å². The molecule has 2 atom stereocenters. The topological polar surface area (TPSA) is 63.2 Å². The van der Waals surface area contributed by atoms with Crippen molar-refractivity contribution in [2.24, 2.45) is 5.41 Å². The molecule has 6 nitrogen and oxygen atoms in total. The normalized spacial score (nSPS) is 24.2.